The zero-order valence-electron chi connectivity index (χ0n) is 14.5. The molecule has 134 valence electrons. The zero-order valence-corrected chi connectivity index (χ0v) is 16.0. The predicted molar refractivity (Wildman–Crippen MR) is 105 cm³/mol. The van der Waals surface area contributed by atoms with Crippen molar-refractivity contribution in [2.24, 2.45) is 0 Å². The number of aryl methyl sites for hydroxylation is 2. The van der Waals surface area contributed by atoms with Crippen LogP contribution in [-0.4, -0.2) is 21.9 Å². The molecule has 1 N–H and O–H groups in total. The summed E-state index contributed by atoms with van der Waals surface area (Å²) in [6, 6.07) is 13.2. The Hall–Kier alpha value is -2.31. The van der Waals surface area contributed by atoms with Crippen LogP contribution in [0, 0.1) is 6.92 Å². The highest BCUT2D eigenvalue weighted by molar-refractivity contribution is 7.99. The van der Waals surface area contributed by atoms with Gasteiger partial charge in [-0.15, -0.1) is 10.2 Å². The Morgan fingerprint density at radius 2 is 2.00 bits per heavy atom. The van der Waals surface area contributed by atoms with E-state index in [1.165, 1.54) is 11.8 Å². The number of hydrogen-bond donors (Lipinski definition) is 1. The molecule has 0 aliphatic rings. The molecule has 0 aliphatic carbocycles. The number of aromatic nitrogens is 2. The number of nitrogens with one attached hydrogen (secondary N) is 1. The number of thioether (sulfide) groups is 1. The van der Waals surface area contributed by atoms with Gasteiger partial charge in [-0.1, -0.05) is 60.6 Å². The summed E-state index contributed by atoms with van der Waals surface area (Å²) >= 11 is 7.32. The van der Waals surface area contributed by atoms with E-state index in [-0.39, 0.29) is 11.7 Å². The summed E-state index contributed by atoms with van der Waals surface area (Å²) in [6.07, 6.45) is 0.856. The molecule has 0 aliphatic heterocycles. The quantitative estimate of drug-likeness (QED) is 0.603. The Balaban J connectivity index is 1.63. The van der Waals surface area contributed by atoms with Crippen LogP contribution in [0.25, 0.3) is 11.5 Å². The Labute approximate surface area is 161 Å². The van der Waals surface area contributed by atoms with E-state index in [2.05, 4.69) is 22.4 Å². The first kappa shape index (κ1) is 18.5. The fraction of sp³-hybridized carbons (Fsp3) is 0.211. The van der Waals surface area contributed by atoms with Crippen molar-refractivity contribution >= 4 is 35.0 Å². The normalized spacial score (nSPS) is 10.7. The van der Waals surface area contributed by atoms with Crippen LogP contribution in [-0.2, 0) is 11.2 Å². The summed E-state index contributed by atoms with van der Waals surface area (Å²) in [4.78, 5) is 12.3. The number of nitrogens with zero attached hydrogens (tertiary/aromatic N) is 2. The summed E-state index contributed by atoms with van der Waals surface area (Å²) in [5.74, 6) is 0.406. The van der Waals surface area contributed by atoms with E-state index in [1.807, 2.05) is 43.3 Å². The van der Waals surface area contributed by atoms with Gasteiger partial charge in [-0.2, -0.15) is 0 Å². The minimum Gasteiger partial charge on any atom is -0.411 e. The Morgan fingerprint density at radius 3 is 2.77 bits per heavy atom. The van der Waals surface area contributed by atoms with Gasteiger partial charge in [-0.25, -0.2) is 0 Å². The molecule has 0 saturated heterocycles. The number of halogens is 1. The highest BCUT2D eigenvalue weighted by Gasteiger charge is 2.14. The summed E-state index contributed by atoms with van der Waals surface area (Å²) < 4.78 is 5.60. The zero-order chi connectivity index (χ0) is 18.5. The maximum absolute atomic E-state index is 12.3. The molecule has 1 aromatic heterocycles. The molecular formula is C19H18ClN3O2S. The van der Waals surface area contributed by atoms with Crippen molar-refractivity contribution in [2.45, 2.75) is 25.5 Å². The largest absolute Gasteiger partial charge is 0.411 e. The van der Waals surface area contributed by atoms with Crippen molar-refractivity contribution in [1.82, 2.24) is 10.2 Å². The third-order valence-corrected chi connectivity index (χ3v) is 4.99. The highest BCUT2D eigenvalue weighted by atomic mass is 35.5. The maximum Gasteiger partial charge on any atom is 0.277 e. The second kappa shape index (κ2) is 8.38. The van der Waals surface area contributed by atoms with Crippen LogP contribution in [0.15, 0.2) is 52.1 Å². The number of hydrogen-bond acceptors (Lipinski definition) is 5. The molecule has 3 rings (SSSR count). The number of carbonyl (C=O) groups is 1. The Morgan fingerprint density at radius 1 is 1.19 bits per heavy atom. The molecule has 1 heterocycles. The van der Waals surface area contributed by atoms with Crippen molar-refractivity contribution < 1.29 is 9.21 Å². The molecule has 26 heavy (non-hydrogen) atoms. The summed E-state index contributed by atoms with van der Waals surface area (Å²) in [6.45, 7) is 4.05. The summed E-state index contributed by atoms with van der Waals surface area (Å²) in [7, 11) is 0. The molecule has 1 amide bonds. The lowest BCUT2D eigenvalue weighted by atomic mass is 10.1. The van der Waals surface area contributed by atoms with Crippen molar-refractivity contribution in [1.29, 1.82) is 0 Å². The minimum absolute atomic E-state index is 0.114. The van der Waals surface area contributed by atoms with Crippen molar-refractivity contribution in [3.05, 3.63) is 58.6 Å². The van der Waals surface area contributed by atoms with Crippen LogP contribution in [0.1, 0.15) is 18.1 Å². The second-order valence-corrected chi connectivity index (χ2v) is 6.99. The van der Waals surface area contributed by atoms with Crippen LogP contribution < -0.4 is 5.32 Å². The Kier molecular flexibility index (Phi) is 5.96. The van der Waals surface area contributed by atoms with Gasteiger partial charge < -0.3 is 9.73 Å². The van der Waals surface area contributed by atoms with Gasteiger partial charge in [-0.05, 0) is 36.6 Å². The third-order valence-electron chi connectivity index (χ3n) is 3.84. The lowest BCUT2D eigenvalue weighted by Crippen LogP contribution is -2.16. The van der Waals surface area contributed by atoms with E-state index in [0.29, 0.717) is 21.7 Å². The smallest absolute Gasteiger partial charge is 0.277 e. The molecule has 5 nitrogen and oxygen atoms in total. The molecule has 0 atom stereocenters. The monoisotopic (exact) mass is 387 g/mol. The van der Waals surface area contributed by atoms with Gasteiger partial charge in [0.2, 0.25) is 11.8 Å². The van der Waals surface area contributed by atoms with E-state index >= 15 is 0 Å². The molecule has 3 aromatic rings. The predicted octanol–water partition coefficient (Wildman–Crippen LogP) is 4.99. The van der Waals surface area contributed by atoms with Gasteiger partial charge in [0.1, 0.15) is 0 Å². The van der Waals surface area contributed by atoms with Crippen LogP contribution >= 0.6 is 23.4 Å². The van der Waals surface area contributed by atoms with Crippen LogP contribution in [0.3, 0.4) is 0 Å². The Bertz CT molecular complexity index is 927. The first-order chi connectivity index (χ1) is 12.6. The number of benzene rings is 2. The molecule has 0 spiro atoms. The van der Waals surface area contributed by atoms with Crippen LogP contribution in [0.2, 0.25) is 5.02 Å². The number of carbonyl (C=O) groups excluding carboxylic acids is 1. The van der Waals surface area contributed by atoms with Gasteiger partial charge in [-0.3, -0.25) is 4.79 Å². The second-order valence-electron chi connectivity index (χ2n) is 5.65. The number of rotatable bonds is 6. The lowest BCUT2D eigenvalue weighted by Gasteiger charge is -2.12. The summed E-state index contributed by atoms with van der Waals surface area (Å²) in [5, 5.41) is 11.8. The first-order valence-electron chi connectivity index (χ1n) is 8.18. The number of anilines is 1. The molecule has 0 bridgehead atoms. The molecule has 2 aromatic carbocycles. The van der Waals surface area contributed by atoms with E-state index < -0.39 is 0 Å². The van der Waals surface area contributed by atoms with E-state index in [4.69, 9.17) is 16.0 Å². The molecule has 0 fully saturated rings. The van der Waals surface area contributed by atoms with Crippen LogP contribution in [0.5, 0.6) is 0 Å². The fourth-order valence-electron chi connectivity index (χ4n) is 2.52. The minimum atomic E-state index is -0.114. The average Bonchev–Trinajstić information content (AvgIpc) is 3.11. The van der Waals surface area contributed by atoms with Gasteiger partial charge in [0.15, 0.2) is 0 Å². The standard InChI is InChI=1S/C19H18ClN3O2S/c1-3-13-8-6-7-12(2)17(13)21-16(24)11-26-19-23-22-18(25-19)14-9-4-5-10-15(14)20/h4-10H,3,11H2,1-2H3,(H,21,24). The van der Waals surface area contributed by atoms with Gasteiger partial charge in [0, 0.05) is 5.69 Å². The van der Waals surface area contributed by atoms with E-state index in [0.717, 1.165) is 23.2 Å². The molecule has 0 radical (unpaired) electrons. The number of para-hydroxylation sites is 1. The maximum atomic E-state index is 12.3. The topological polar surface area (TPSA) is 68.0 Å². The van der Waals surface area contributed by atoms with Gasteiger partial charge >= 0.3 is 0 Å². The van der Waals surface area contributed by atoms with Crippen molar-refractivity contribution in [3.63, 3.8) is 0 Å². The molecule has 0 saturated carbocycles. The van der Waals surface area contributed by atoms with Crippen molar-refractivity contribution in [3.8, 4) is 11.5 Å². The molecule has 7 heteroatoms. The van der Waals surface area contributed by atoms with Gasteiger partial charge in [0.25, 0.3) is 5.22 Å². The molecule has 0 unspecified atom stereocenters. The average molecular weight is 388 g/mol. The summed E-state index contributed by atoms with van der Waals surface area (Å²) in [5.41, 5.74) is 3.71. The SMILES string of the molecule is CCc1cccc(C)c1NC(=O)CSc1nnc(-c2ccccc2Cl)o1. The number of amides is 1. The van der Waals surface area contributed by atoms with E-state index in [9.17, 15) is 4.79 Å². The third kappa shape index (κ3) is 4.26. The van der Waals surface area contributed by atoms with Crippen molar-refractivity contribution in [2.75, 3.05) is 11.1 Å². The molecular weight excluding hydrogens is 370 g/mol. The van der Waals surface area contributed by atoms with Gasteiger partial charge in [0.05, 0.1) is 16.3 Å². The van der Waals surface area contributed by atoms with E-state index in [1.54, 1.807) is 6.07 Å². The fourth-order valence-corrected chi connectivity index (χ4v) is 3.30. The van der Waals surface area contributed by atoms with Crippen LogP contribution in [0.4, 0.5) is 5.69 Å². The lowest BCUT2D eigenvalue weighted by molar-refractivity contribution is -0.113. The highest BCUT2D eigenvalue weighted by Crippen LogP contribution is 2.29. The first-order valence-corrected chi connectivity index (χ1v) is 9.54.